The Hall–Kier alpha value is -0.740. The molecule has 0 saturated heterocycles. The van der Waals surface area contributed by atoms with E-state index in [1.54, 1.807) is 0 Å². The highest BCUT2D eigenvalue weighted by molar-refractivity contribution is 4.98. The molecule has 1 nitrogen and oxygen atoms in total. The smallest absolute Gasteiger partial charge is 0.0684 e. The van der Waals surface area contributed by atoms with Crippen molar-refractivity contribution >= 4 is 0 Å². The first-order valence-corrected chi connectivity index (χ1v) is 4.04. The van der Waals surface area contributed by atoms with Crippen molar-refractivity contribution < 1.29 is 0 Å². The van der Waals surface area contributed by atoms with Crippen LogP contribution in [0.5, 0.6) is 0 Å². The molecular formula is C10H17N. The first-order chi connectivity index (χ1) is 5.20. The Kier molecular flexibility index (Phi) is 5.60. The number of rotatable bonds is 5. The zero-order valence-electron chi connectivity index (χ0n) is 7.48. The lowest BCUT2D eigenvalue weighted by Gasteiger charge is -2.09. The molecule has 0 fully saturated rings. The highest BCUT2D eigenvalue weighted by Gasteiger charge is 1.98. The molecule has 0 amide bonds. The van der Waals surface area contributed by atoms with Gasteiger partial charge in [0.1, 0.15) is 0 Å². The van der Waals surface area contributed by atoms with Gasteiger partial charge in [0, 0.05) is 0 Å². The average molecular weight is 151 g/mol. The third kappa shape index (κ3) is 5.69. The lowest BCUT2D eigenvalue weighted by atomic mass is 10.2. The SMILES string of the molecule is C#CC(CC)NCCC(=C)C. The van der Waals surface area contributed by atoms with Crippen molar-refractivity contribution in [3.8, 4) is 12.3 Å². The predicted molar refractivity (Wildman–Crippen MR) is 50.3 cm³/mol. The van der Waals surface area contributed by atoms with E-state index in [4.69, 9.17) is 6.42 Å². The van der Waals surface area contributed by atoms with E-state index in [9.17, 15) is 0 Å². The van der Waals surface area contributed by atoms with E-state index in [0.29, 0.717) is 0 Å². The van der Waals surface area contributed by atoms with Crippen molar-refractivity contribution in [3.63, 3.8) is 0 Å². The van der Waals surface area contributed by atoms with Crippen molar-refractivity contribution in [1.82, 2.24) is 5.32 Å². The fraction of sp³-hybridized carbons (Fsp3) is 0.600. The largest absolute Gasteiger partial charge is 0.303 e. The fourth-order valence-corrected chi connectivity index (χ4v) is 0.781. The van der Waals surface area contributed by atoms with Crippen molar-refractivity contribution in [2.75, 3.05) is 6.54 Å². The Morgan fingerprint density at radius 1 is 1.73 bits per heavy atom. The van der Waals surface area contributed by atoms with Crippen LogP contribution in [0.4, 0.5) is 0 Å². The summed E-state index contributed by atoms with van der Waals surface area (Å²) < 4.78 is 0. The summed E-state index contributed by atoms with van der Waals surface area (Å²) in [4.78, 5) is 0. The zero-order valence-corrected chi connectivity index (χ0v) is 7.48. The maximum atomic E-state index is 5.27. The van der Waals surface area contributed by atoms with E-state index in [1.165, 1.54) is 5.57 Å². The van der Waals surface area contributed by atoms with Crippen LogP contribution in [0.2, 0.25) is 0 Å². The standard InChI is InChI=1S/C10H17N/c1-5-10(6-2)11-8-7-9(3)4/h1,10-11H,3,6-8H2,2,4H3. The molecule has 11 heavy (non-hydrogen) atoms. The molecule has 0 aliphatic heterocycles. The number of nitrogens with one attached hydrogen (secondary N) is 1. The van der Waals surface area contributed by atoms with Gasteiger partial charge in [-0.2, -0.15) is 0 Å². The van der Waals surface area contributed by atoms with E-state index >= 15 is 0 Å². The van der Waals surface area contributed by atoms with Gasteiger partial charge in [-0.05, 0) is 26.3 Å². The summed E-state index contributed by atoms with van der Waals surface area (Å²) in [6.45, 7) is 8.86. The summed E-state index contributed by atoms with van der Waals surface area (Å²) >= 11 is 0. The van der Waals surface area contributed by atoms with Crippen LogP contribution in [0.15, 0.2) is 12.2 Å². The van der Waals surface area contributed by atoms with Gasteiger partial charge in [-0.1, -0.05) is 18.4 Å². The van der Waals surface area contributed by atoms with Crippen LogP contribution in [0.1, 0.15) is 26.7 Å². The van der Waals surface area contributed by atoms with Crippen molar-refractivity contribution in [3.05, 3.63) is 12.2 Å². The molecule has 0 spiro atoms. The van der Waals surface area contributed by atoms with E-state index in [0.717, 1.165) is 19.4 Å². The minimum atomic E-state index is 0.231. The second-order valence-corrected chi connectivity index (χ2v) is 2.79. The van der Waals surface area contributed by atoms with E-state index in [2.05, 4.69) is 24.7 Å². The zero-order chi connectivity index (χ0) is 8.69. The van der Waals surface area contributed by atoms with Gasteiger partial charge in [-0.3, -0.25) is 0 Å². The second-order valence-electron chi connectivity index (χ2n) is 2.79. The van der Waals surface area contributed by atoms with Crippen LogP contribution in [0.25, 0.3) is 0 Å². The average Bonchev–Trinajstić information content (AvgIpc) is 1.98. The van der Waals surface area contributed by atoms with Crippen molar-refractivity contribution in [1.29, 1.82) is 0 Å². The minimum absolute atomic E-state index is 0.231. The molecule has 0 aromatic carbocycles. The summed E-state index contributed by atoms with van der Waals surface area (Å²) in [6, 6.07) is 0.231. The van der Waals surface area contributed by atoms with Gasteiger partial charge in [0.05, 0.1) is 6.04 Å². The Morgan fingerprint density at radius 2 is 2.36 bits per heavy atom. The normalized spacial score (nSPS) is 12.1. The maximum Gasteiger partial charge on any atom is 0.0684 e. The molecule has 0 saturated carbocycles. The Morgan fingerprint density at radius 3 is 2.73 bits per heavy atom. The molecule has 1 N–H and O–H groups in total. The topological polar surface area (TPSA) is 12.0 Å². The van der Waals surface area contributed by atoms with Gasteiger partial charge in [0.25, 0.3) is 0 Å². The lowest BCUT2D eigenvalue weighted by molar-refractivity contribution is 0.593. The molecule has 0 bridgehead atoms. The highest BCUT2D eigenvalue weighted by atomic mass is 14.9. The Bertz CT molecular complexity index is 153. The van der Waals surface area contributed by atoms with Gasteiger partial charge >= 0.3 is 0 Å². The molecule has 62 valence electrons. The van der Waals surface area contributed by atoms with Crippen LogP contribution in [-0.4, -0.2) is 12.6 Å². The number of terminal acetylenes is 1. The van der Waals surface area contributed by atoms with Crippen LogP contribution in [0, 0.1) is 12.3 Å². The van der Waals surface area contributed by atoms with Crippen LogP contribution < -0.4 is 5.32 Å². The number of hydrogen-bond acceptors (Lipinski definition) is 1. The molecule has 0 aromatic rings. The maximum absolute atomic E-state index is 5.27. The predicted octanol–water partition coefficient (Wildman–Crippen LogP) is 1.95. The molecule has 0 aliphatic rings. The molecule has 1 heteroatoms. The summed E-state index contributed by atoms with van der Waals surface area (Å²) in [5.74, 6) is 2.68. The monoisotopic (exact) mass is 151 g/mol. The molecule has 0 aliphatic carbocycles. The van der Waals surface area contributed by atoms with Crippen molar-refractivity contribution in [2.24, 2.45) is 0 Å². The fourth-order valence-electron chi connectivity index (χ4n) is 0.781. The Labute approximate surface area is 69.9 Å². The molecule has 1 unspecified atom stereocenters. The van der Waals surface area contributed by atoms with Crippen molar-refractivity contribution in [2.45, 2.75) is 32.7 Å². The highest BCUT2D eigenvalue weighted by Crippen LogP contribution is 1.94. The Balaban J connectivity index is 3.38. The summed E-state index contributed by atoms with van der Waals surface area (Å²) in [5.41, 5.74) is 1.20. The summed E-state index contributed by atoms with van der Waals surface area (Å²) in [7, 11) is 0. The number of hydrogen-bond donors (Lipinski definition) is 1. The van der Waals surface area contributed by atoms with Gasteiger partial charge in [0.15, 0.2) is 0 Å². The third-order valence-corrected chi connectivity index (χ3v) is 1.55. The first kappa shape index (κ1) is 10.3. The van der Waals surface area contributed by atoms with Gasteiger partial charge in [0.2, 0.25) is 0 Å². The van der Waals surface area contributed by atoms with E-state index in [1.807, 2.05) is 6.92 Å². The van der Waals surface area contributed by atoms with Gasteiger partial charge in [-0.15, -0.1) is 13.0 Å². The quantitative estimate of drug-likeness (QED) is 0.468. The molecule has 0 heterocycles. The van der Waals surface area contributed by atoms with Crippen LogP contribution >= 0.6 is 0 Å². The van der Waals surface area contributed by atoms with Crippen LogP contribution in [-0.2, 0) is 0 Å². The first-order valence-electron chi connectivity index (χ1n) is 4.04. The van der Waals surface area contributed by atoms with E-state index < -0.39 is 0 Å². The molecular weight excluding hydrogens is 134 g/mol. The minimum Gasteiger partial charge on any atom is -0.303 e. The van der Waals surface area contributed by atoms with Gasteiger partial charge in [-0.25, -0.2) is 0 Å². The van der Waals surface area contributed by atoms with E-state index in [-0.39, 0.29) is 6.04 Å². The molecule has 0 rings (SSSR count). The molecule has 0 aromatic heterocycles. The molecule has 0 radical (unpaired) electrons. The lowest BCUT2D eigenvalue weighted by Crippen LogP contribution is -2.27. The van der Waals surface area contributed by atoms with Gasteiger partial charge < -0.3 is 5.32 Å². The summed E-state index contributed by atoms with van der Waals surface area (Å²) in [5, 5.41) is 3.25. The second kappa shape index (κ2) is 6.00. The van der Waals surface area contributed by atoms with Crippen LogP contribution in [0.3, 0.4) is 0 Å². The third-order valence-electron chi connectivity index (χ3n) is 1.55. The summed E-state index contributed by atoms with van der Waals surface area (Å²) in [6.07, 6.45) is 7.27. The molecule has 1 atom stereocenters.